The van der Waals surface area contributed by atoms with E-state index in [-0.39, 0.29) is 16.7 Å². The van der Waals surface area contributed by atoms with Crippen LogP contribution in [0.25, 0.3) is 0 Å². The van der Waals surface area contributed by atoms with Crippen molar-refractivity contribution in [3.63, 3.8) is 0 Å². The van der Waals surface area contributed by atoms with Crippen molar-refractivity contribution in [2.45, 2.75) is 0 Å². The highest BCUT2D eigenvalue weighted by molar-refractivity contribution is 6.32. The topological polar surface area (TPSA) is 62.2 Å². The van der Waals surface area contributed by atoms with Crippen molar-refractivity contribution in [3.05, 3.63) is 52.3 Å². The Bertz CT molecular complexity index is 585. The molecular weight excluding hydrogens is 275 g/mol. The summed E-state index contributed by atoms with van der Waals surface area (Å²) in [6.07, 6.45) is 1.37. The molecule has 2 aromatic rings. The van der Waals surface area contributed by atoms with Gasteiger partial charge in [-0.05, 0) is 30.3 Å². The number of nitrogens with zero attached hydrogens (tertiary/aromatic N) is 1. The molecule has 0 unspecified atom stereocenters. The van der Waals surface area contributed by atoms with Gasteiger partial charge in [0.1, 0.15) is 10.9 Å². The highest BCUT2D eigenvalue weighted by atomic mass is 35.5. The zero-order chi connectivity index (χ0) is 13.1. The number of nitrogens with one attached hydrogen (secondary N) is 1. The minimum atomic E-state index is -0.332. The first-order valence-electron chi connectivity index (χ1n) is 4.97. The van der Waals surface area contributed by atoms with Gasteiger partial charge in [0.05, 0.1) is 10.6 Å². The van der Waals surface area contributed by atoms with Gasteiger partial charge in [0.2, 0.25) is 0 Å². The largest absolute Gasteiger partial charge is 0.506 e. The number of halogens is 2. The van der Waals surface area contributed by atoms with Crippen LogP contribution in [-0.2, 0) is 0 Å². The molecule has 4 nitrogen and oxygen atoms in total. The maximum absolute atomic E-state index is 11.8. The van der Waals surface area contributed by atoms with Gasteiger partial charge < -0.3 is 10.4 Å². The smallest absolute Gasteiger partial charge is 0.257 e. The van der Waals surface area contributed by atoms with Crippen molar-refractivity contribution in [1.82, 2.24) is 4.98 Å². The van der Waals surface area contributed by atoms with E-state index in [1.54, 1.807) is 12.1 Å². The fraction of sp³-hybridized carbons (Fsp3) is 0. The Labute approximate surface area is 113 Å². The Balaban J connectivity index is 2.16. The lowest BCUT2D eigenvalue weighted by Gasteiger charge is -2.06. The van der Waals surface area contributed by atoms with E-state index in [0.717, 1.165) is 0 Å². The van der Waals surface area contributed by atoms with Crippen LogP contribution in [0.2, 0.25) is 10.2 Å². The first-order chi connectivity index (χ1) is 8.56. The molecule has 2 rings (SSSR count). The van der Waals surface area contributed by atoms with Crippen LogP contribution < -0.4 is 5.32 Å². The Hall–Kier alpha value is -1.78. The summed E-state index contributed by atoms with van der Waals surface area (Å²) >= 11 is 11.4. The monoisotopic (exact) mass is 282 g/mol. The normalized spacial score (nSPS) is 10.1. The van der Waals surface area contributed by atoms with Gasteiger partial charge in [-0.25, -0.2) is 4.98 Å². The molecule has 6 heteroatoms. The molecule has 0 aliphatic rings. The fourth-order valence-corrected chi connectivity index (χ4v) is 1.59. The zero-order valence-corrected chi connectivity index (χ0v) is 10.5. The number of carbonyl (C=O) groups excluding carboxylic acids is 1. The number of phenols is 1. The number of rotatable bonds is 2. The van der Waals surface area contributed by atoms with E-state index >= 15 is 0 Å². The summed E-state index contributed by atoms with van der Waals surface area (Å²) in [6, 6.07) is 7.49. The molecule has 0 radical (unpaired) electrons. The molecule has 18 heavy (non-hydrogen) atoms. The van der Waals surface area contributed by atoms with Crippen LogP contribution in [0.3, 0.4) is 0 Å². The minimum Gasteiger partial charge on any atom is -0.506 e. The Morgan fingerprint density at radius 1 is 1.22 bits per heavy atom. The van der Waals surface area contributed by atoms with Crippen molar-refractivity contribution in [3.8, 4) is 5.75 Å². The molecule has 1 heterocycles. The molecule has 0 saturated heterocycles. The van der Waals surface area contributed by atoms with Gasteiger partial charge in [-0.15, -0.1) is 0 Å². The average molecular weight is 283 g/mol. The third-order valence-corrected chi connectivity index (χ3v) is 2.72. The maximum atomic E-state index is 11.8. The highest BCUT2D eigenvalue weighted by Gasteiger charge is 2.07. The summed E-state index contributed by atoms with van der Waals surface area (Å²) in [5.41, 5.74) is 0.862. The third kappa shape index (κ3) is 2.91. The van der Waals surface area contributed by atoms with Gasteiger partial charge in [0, 0.05) is 11.9 Å². The Morgan fingerprint density at radius 3 is 2.61 bits per heavy atom. The zero-order valence-electron chi connectivity index (χ0n) is 9.02. The van der Waals surface area contributed by atoms with Crippen molar-refractivity contribution in [2.75, 3.05) is 5.32 Å². The second-order valence-electron chi connectivity index (χ2n) is 3.49. The van der Waals surface area contributed by atoms with E-state index in [1.165, 1.54) is 24.4 Å². The third-order valence-electron chi connectivity index (χ3n) is 2.20. The van der Waals surface area contributed by atoms with Gasteiger partial charge in [-0.3, -0.25) is 4.79 Å². The number of benzene rings is 1. The lowest BCUT2D eigenvalue weighted by atomic mass is 10.2. The Kier molecular flexibility index (Phi) is 3.69. The van der Waals surface area contributed by atoms with E-state index in [4.69, 9.17) is 23.2 Å². The molecule has 1 amide bonds. The van der Waals surface area contributed by atoms with E-state index < -0.39 is 0 Å². The van der Waals surface area contributed by atoms with E-state index in [2.05, 4.69) is 10.3 Å². The summed E-state index contributed by atoms with van der Waals surface area (Å²) in [5.74, 6) is -0.372. The molecule has 0 saturated carbocycles. The summed E-state index contributed by atoms with van der Waals surface area (Å²) in [6.45, 7) is 0. The maximum Gasteiger partial charge on any atom is 0.257 e. The molecule has 0 bridgehead atoms. The molecule has 1 aromatic carbocycles. The van der Waals surface area contributed by atoms with Gasteiger partial charge >= 0.3 is 0 Å². The number of anilines is 1. The number of aromatic nitrogens is 1. The van der Waals surface area contributed by atoms with Crippen LogP contribution in [-0.4, -0.2) is 16.0 Å². The van der Waals surface area contributed by atoms with Gasteiger partial charge in [-0.1, -0.05) is 23.2 Å². The van der Waals surface area contributed by atoms with Crippen molar-refractivity contribution >= 4 is 34.8 Å². The molecular formula is C12H8Cl2N2O2. The van der Waals surface area contributed by atoms with Gasteiger partial charge in [-0.2, -0.15) is 0 Å². The second kappa shape index (κ2) is 5.25. The molecule has 92 valence electrons. The summed E-state index contributed by atoms with van der Waals surface area (Å²) in [7, 11) is 0. The summed E-state index contributed by atoms with van der Waals surface area (Å²) in [5, 5.41) is 12.4. The first kappa shape index (κ1) is 12.7. The van der Waals surface area contributed by atoms with Crippen LogP contribution in [0.5, 0.6) is 5.75 Å². The highest BCUT2D eigenvalue weighted by Crippen LogP contribution is 2.26. The van der Waals surface area contributed by atoms with Gasteiger partial charge in [0.15, 0.2) is 0 Å². The number of phenolic OH excluding ortho intramolecular Hbond substituents is 1. The van der Waals surface area contributed by atoms with Crippen molar-refractivity contribution in [1.29, 1.82) is 0 Å². The van der Waals surface area contributed by atoms with Crippen molar-refractivity contribution in [2.24, 2.45) is 0 Å². The molecule has 0 fully saturated rings. The van der Waals surface area contributed by atoms with E-state index in [0.29, 0.717) is 16.4 Å². The fourth-order valence-electron chi connectivity index (χ4n) is 1.30. The Morgan fingerprint density at radius 2 is 2.00 bits per heavy atom. The number of hydrogen-bond donors (Lipinski definition) is 2. The standard InChI is InChI=1S/C12H8Cl2N2O2/c13-9-5-8(2-3-10(9)17)16-12(18)7-1-4-11(14)15-6-7/h1-6,17H,(H,16,18). The molecule has 0 spiro atoms. The van der Waals surface area contributed by atoms with Crippen LogP contribution >= 0.6 is 23.2 Å². The summed E-state index contributed by atoms with van der Waals surface area (Å²) in [4.78, 5) is 15.6. The number of hydrogen-bond acceptors (Lipinski definition) is 3. The van der Waals surface area contributed by atoms with Crippen LogP contribution in [0.4, 0.5) is 5.69 Å². The van der Waals surface area contributed by atoms with Gasteiger partial charge in [0.25, 0.3) is 5.91 Å². The SMILES string of the molecule is O=C(Nc1ccc(O)c(Cl)c1)c1ccc(Cl)nc1. The average Bonchev–Trinajstić information content (AvgIpc) is 2.34. The van der Waals surface area contributed by atoms with Crippen molar-refractivity contribution < 1.29 is 9.90 Å². The predicted octanol–water partition coefficient (Wildman–Crippen LogP) is 3.35. The lowest BCUT2D eigenvalue weighted by Crippen LogP contribution is -2.11. The predicted molar refractivity (Wildman–Crippen MR) is 70.3 cm³/mol. The van der Waals surface area contributed by atoms with Crippen LogP contribution in [0.1, 0.15) is 10.4 Å². The van der Waals surface area contributed by atoms with E-state index in [9.17, 15) is 9.90 Å². The number of aromatic hydroxyl groups is 1. The number of carbonyl (C=O) groups is 1. The first-order valence-corrected chi connectivity index (χ1v) is 5.73. The van der Waals surface area contributed by atoms with Crippen LogP contribution in [0.15, 0.2) is 36.5 Å². The number of pyridine rings is 1. The quantitative estimate of drug-likeness (QED) is 0.656. The number of amides is 1. The second-order valence-corrected chi connectivity index (χ2v) is 4.28. The molecule has 0 atom stereocenters. The lowest BCUT2D eigenvalue weighted by molar-refractivity contribution is 0.102. The molecule has 2 N–H and O–H groups in total. The van der Waals surface area contributed by atoms with E-state index in [1.807, 2.05) is 0 Å². The molecule has 1 aromatic heterocycles. The molecule has 0 aliphatic heterocycles. The summed E-state index contributed by atoms with van der Waals surface area (Å²) < 4.78 is 0. The minimum absolute atomic E-state index is 0.0391. The molecule has 0 aliphatic carbocycles. The van der Waals surface area contributed by atoms with Crippen LogP contribution in [0, 0.1) is 0 Å².